The van der Waals surface area contributed by atoms with Crippen LogP contribution in [0.25, 0.3) is 22.3 Å². The summed E-state index contributed by atoms with van der Waals surface area (Å²) >= 11 is 0. The van der Waals surface area contributed by atoms with E-state index in [1.54, 1.807) is 75.0 Å². The number of ether oxygens (including phenoxy) is 2. The zero-order valence-electron chi connectivity index (χ0n) is 22.0. The van der Waals surface area contributed by atoms with Crippen LogP contribution in [-0.2, 0) is 31.4 Å². The molecule has 0 aliphatic rings. The minimum atomic E-state index is -1.03. The Bertz CT molecular complexity index is 1760. The number of carboxylic acids is 1. The highest BCUT2D eigenvalue weighted by molar-refractivity contribution is 5.92. The molecule has 5 aromatic rings. The Morgan fingerprint density at radius 3 is 2.65 bits per heavy atom. The molecule has 0 fully saturated rings. The molecule has 3 heterocycles. The Labute approximate surface area is 229 Å². The minimum absolute atomic E-state index is 0.0648. The van der Waals surface area contributed by atoms with Crippen LogP contribution in [0.1, 0.15) is 27.3 Å². The van der Waals surface area contributed by atoms with Crippen molar-refractivity contribution in [2.24, 2.45) is 7.05 Å². The Morgan fingerprint density at radius 2 is 1.88 bits per heavy atom. The van der Waals surface area contributed by atoms with Crippen LogP contribution < -0.4 is 10.3 Å². The first-order valence-corrected chi connectivity index (χ1v) is 12.6. The van der Waals surface area contributed by atoms with E-state index in [1.807, 2.05) is 4.57 Å². The van der Waals surface area contributed by atoms with Gasteiger partial charge in [0.05, 0.1) is 34.5 Å². The highest BCUT2D eigenvalue weighted by Crippen LogP contribution is 2.25. The van der Waals surface area contributed by atoms with Crippen LogP contribution in [0.2, 0.25) is 0 Å². The van der Waals surface area contributed by atoms with Crippen molar-refractivity contribution in [3.63, 3.8) is 0 Å². The van der Waals surface area contributed by atoms with Crippen molar-refractivity contribution in [3.8, 4) is 17.1 Å². The van der Waals surface area contributed by atoms with Gasteiger partial charge in [0.1, 0.15) is 18.2 Å². The molecule has 0 aliphatic carbocycles. The molecule has 2 aromatic carbocycles. The van der Waals surface area contributed by atoms with Crippen LogP contribution in [0.4, 0.5) is 4.39 Å². The van der Waals surface area contributed by atoms with E-state index in [0.717, 1.165) is 0 Å². The Hall–Kier alpha value is -4.83. The number of aryl methyl sites for hydroxylation is 1. The molecule has 0 atom stereocenters. The first kappa shape index (κ1) is 26.8. The molecule has 0 amide bonds. The van der Waals surface area contributed by atoms with E-state index in [4.69, 9.17) is 9.47 Å². The second-order valence-electron chi connectivity index (χ2n) is 9.26. The highest BCUT2D eigenvalue weighted by Gasteiger charge is 2.16. The van der Waals surface area contributed by atoms with Crippen LogP contribution in [-0.4, -0.2) is 43.9 Å². The van der Waals surface area contributed by atoms with E-state index in [2.05, 4.69) is 9.97 Å². The summed E-state index contributed by atoms with van der Waals surface area (Å²) in [5.74, 6) is -0.533. The van der Waals surface area contributed by atoms with Crippen molar-refractivity contribution in [1.29, 1.82) is 0 Å². The Kier molecular flexibility index (Phi) is 7.70. The molecule has 0 aliphatic heterocycles. The number of aromatic nitrogens is 4. The van der Waals surface area contributed by atoms with Gasteiger partial charge in [-0.1, -0.05) is 18.2 Å². The number of benzene rings is 2. The van der Waals surface area contributed by atoms with Gasteiger partial charge < -0.3 is 23.7 Å². The number of methoxy groups -OCH3 is 1. The number of pyridine rings is 2. The predicted molar refractivity (Wildman–Crippen MR) is 147 cm³/mol. The maximum absolute atomic E-state index is 15.3. The molecule has 10 heteroatoms. The van der Waals surface area contributed by atoms with Gasteiger partial charge >= 0.3 is 5.97 Å². The number of aromatic carboxylic acids is 1. The third kappa shape index (κ3) is 5.62. The van der Waals surface area contributed by atoms with E-state index < -0.39 is 11.8 Å². The summed E-state index contributed by atoms with van der Waals surface area (Å²) in [7, 11) is 3.25. The number of hydrogen-bond donors (Lipinski definition) is 1. The first-order chi connectivity index (χ1) is 19.3. The second-order valence-corrected chi connectivity index (χ2v) is 9.26. The Balaban J connectivity index is 1.38. The summed E-state index contributed by atoms with van der Waals surface area (Å²) in [6.07, 6.45) is 1.88. The standard InChI is InChI=1S/C30H27FN4O5/c1-34-12-4-5-22(29(34)36)18-40-28-7-3-6-24(33-28)20-9-8-19(23(31)15-20)17-27-32-25-11-10-21(30(37)38)16-26(25)35(27)13-14-39-2/h3-12,15-16H,13-14,17-18H2,1-2H3,(H,37,38). The summed E-state index contributed by atoms with van der Waals surface area (Å²) in [5, 5.41) is 9.40. The number of hydrogen-bond acceptors (Lipinski definition) is 6. The van der Waals surface area contributed by atoms with Gasteiger partial charge in [0, 0.05) is 44.9 Å². The SMILES string of the molecule is COCCn1c(Cc2ccc(-c3cccc(OCc4cccn(C)c4=O)n3)cc2F)nc2ccc(C(=O)O)cc21. The van der Waals surface area contributed by atoms with Crippen molar-refractivity contribution in [2.45, 2.75) is 19.6 Å². The summed E-state index contributed by atoms with van der Waals surface area (Å²) in [4.78, 5) is 32.8. The maximum atomic E-state index is 15.3. The summed E-state index contributed by atoms with van der Waals surface area (Å²) in [6, 6.07) is 18.3. The molecular weight excluding hydrogens is 515 g/mol. The fourth-order valence-corrected chi connectivity index (χ4v) is 4.46. The van der Waals surface area contributed by atoms with Crippen molar-refractivity contribution in [1.82, 2.24) is 19.1 Å². The van der Waals surface area contributed by atoms with Crippen LogP contribution >= 0.6 is 0 Å². The van der Waals surface area contributed by atoms with Crippen LogP contribution in [0.5, 0.6) is 5.88 Å². The van der Waals surface area contributed by atoms with E-state index in [-0.39, 0.29) is 24.2 Å². The van der Waals surface area contributed by atoms with Gasteiger partial charge in [-0.2, -0.15) is 0 Å². The van der Waals surface area contributed by atoms with Gasteiger partial charge in [0.15, 0.2) is 0 Å². The smallest absolute Gasteiger partial charge is 0.335 e. The van der Waals surface area contributed by atoms with Crippen LogP contribution in [0.3, 0.4) is 0 Å². The lowest BCUT2D eigenvalue weighted by atomic mass is 10.1. The zero-order valence-corrected chi connectivity index (χ0v) is 22.0. The second kappa shape index (κ2) is 11.5. The number of halogens is 1. The van der Waals surface area contributed by atoms with Gasteiger partial charge in [-0.25, -0.2) is 19.2 Å². The largest absolute Gasteiger partial charge is 0.478 e. The van der Waals surface area contributed by atoms with E-state index >= 15 is 4.39 Å². The number of rotatable bonds is 10. The van der Waals surface area contributed by atoms with E-state index in [9.17, 15) is 14.7 Å². The molecule has 5 rings (SSSR count). The summed E-state index contributed by atoms with van der Waals surface area (Å²) in [6.45, 7) is 0.895. The normalized spacial score (nSPS) is 11.2. The third-order valence-corrected chi connectivity index (χ3v) is 6.59. The monoisotopic (exact) mass is 542 g/mol. The molecule has 40 heavy (non-hydrogen) atoms. The van der Waals surface area contributed by atoms with E-state index in [0.29, 0.717) is 58.3 Å². The number of carboxylic acid groups (broad SMARTS) is 1. The highest BCUT2D eigenvalue weighted by atomic mass is 19.1. The molecule has 0 unspecified atom stereocenters. The first-order valence-electron chi connectivity index (χ1n) is 12.6. The third-order valence-electron chi connectivity index (χ3n) is 6.59. The van der Waals surface area contributed by atoms with Crippen molar-refractivity contribution >= 4 is 17.0 Å². The van der Waals surface area contributed by atoms with Crippen molar-refractivity contribution < 1.29 is 23.8 Å². The van der Waals surface area contributed by atoms with Gasteiger partial charge in [0.25, 0.3) is 5.56 Å². The maximum Gasteiger partial charge on any atom is 0.335 e. The molecule has 0 saturated heterocycles. The zero-order chi connectivity index (χ0) is 28.2. The average Bonchev–Trinajstić information content (AvgIpc) is 3.29. The molecule has 3 aromatic heterocycles. The van der Waals surface area contributed by atoms with E-state index in [1.165, 1.54) is 16.7 Å². The molecular formula is C30H27FN4O5. The lowest BCUT2D eigenvalue weighted by Gasteiger charge is -2.11. The average molecular weight is 543 g/mol. The number of carbonyl (C=O) groups is 1. The van der Waals surface area contributed by atoms with Crippen LogP contribution in [0.15, 0.2) is 77.7 Å². The predicted octanol–water partition coefficient (Wildman–Crippen LogP) is 4.45. The fourth-order valence-electron chi connectivity index (χ4n) is 4.46. The van der Waals surface area contributed by atoms with Crippen molar-refractivity contribution in [3.05, 3.63) is 112 Å². The lowest BCUT2D eigenvalue weighted by molar-refractivity contribution is 0.0697. The Morgan fingerprint density at radius 1 is 1.02 bits per heavy atom. The topological polar surface area (TPSA) is 108 Å². The van der Waals surface area contributed by atoms with Gasteiger partial charge in [0.2, 0.25) is 5.88 Å². The summed E-state index contributed by atoms with van der Waals surface area (Å²) in [5.41, 5.74) is 3.32. The van der Waals surface area contributed by atoms with Crippen molar-refractivity contribution in [2.75, 3.05) is 13.7 Å². The molecule has 204 valence electrons. The minimum Gasteiger partial charge on any atom is -0.478 e. The molecule has 0 radical (unpaired) electrons. The number of fused-ring (bicyclic) bond motifs is 1. The van der Waals surface area contributed by atoms with Gasteiger partial charge in [-0.15, -0.1) is 0 Å². The number of nitrogens with zero attached hydrogens (tertiary/aromatic N) is 4. The molecule has 0 bridgehead atoms. The molecule has 9 nitrogen and oxygen atoms in total. The number of imidazole rings is 1. The summed E-state index contributed by atoms with van der Waals surface area (Å²) < 4.78 is 29.7. The van der Waals surface area contributed by atoms with Crippen LogP contribution in [0, 0.1) is 5.82 Å². The fraction of sp³-hybridized carbons (Fsp3) is 0.200. The molecule has 0 saturated carbocycles. The molecule has 0 spiro atoms. The molecule has 1 N–H and O–H groups in total. The quantitative estimate of drug-likeness (QED) is 0.278. The van der Waals surface area contributed by atoms with Gasteiger partial charge in [-0.05, 0) is 48.0 Å². The lowest BCUT2D eigenvalue weighted by Crippen LogP contribution is -2.21. The van der Waals surface area contributed by atoms with Gasteiger partial charge in [-0.3, -0.25) is 4.79 Å².